The Balaban J connectivity index is 1.76. The number of benzene rings is 1. The number of hydrogen-bond donors (Lipinski definition) is 2. The van der Waals surface area contributed by atoms with E-state index in [0.717, 1.165) is 29.3 Å². The van der Waals surface area contributed by atoms with Gasteiger partial charge < -0.3 is 10.4 Å². The molecule has 1 aromatic rings. The summed E-state index contributed by atoms with van der Waals surface area (Å²) in [7, 11) is 0. The molecule has 2 atom stereocenters. The number of carbonyl (C=O) groups is 1. The molecule has 1 aliphatic rings. The largest absolute Gasteiger partial charge is 0.393 e. The average molecular weight is 344 g/mol. The summed E-state index contributed by atoms with van der Waals surface area (Å²) in [5.41, 5.74) is 0.793. The van der Waals surface area contributed by atoms with Gasteiger partial charge in [0.1, 0.15) is 5.82 Å². The lowest BCUT2D eigenvalue weighted by molar-refractivity contribution is -0.121. The van der Waals surface area contributed by atoms with Crippen molar-refractivity contribution < 1.29 is 14.3 Å². The fourth-order valence-electron chi connectivity index (χ4n) is 2.57. The van der Waals surface area contributed by atoms with Gasteiger partial charge in [-0.1, -0.05) is 22.4 Å². The van der Waals surface area contributed by atoms with Crippen molar-refractivity contribution in [3.05, 3.63) is 34.1 Å². The molecule has 2 rings (SSSR count). The van der Waals surface area contributed by atoms with E-state index in [1.54, 1.807) is 6.07 Å². The van der Waals surface area contributed by atoms with Gasteiger partial charge in [-0.05, 0) is 43.0 Å². The van der Waals surface area contributed by atoms with Crippen LogP contribution >= 0.6 is 15.9 Å². The molecule has 0 bridgehead atoms. The Morgan fingerprint density at radius 2 is 2.25 bits per heavy atom. The number of aryl methyl sites for hydroxylation is 1. The topological polar surface area (TPSA) is 49.3 Å². The molecule has 1 aromatic carbocycles. The molecule has 2 unspecified atom stereocenters. The molecule has 1 amide bonds. The summed E-state index contributed by atoms with van der Waals surface area (Å²) in [4.78, 5) is 11.8. The van der Waals surface area contributed by atoms with Gasteiger partial charge in [0.2, 0.25) is 5.91 Å². The zero-order valence-corrected chi connectivity index (χ0v) is 12.8. The standard InChI is InChI=1S/C15H19BrFNO2/c16-13-6-5-12(17)8-10(13)4-7-15(20)18-9-11-2-1-3-14(11)19/h5-6,8,11,14,19H,1-4,7,9H2,(H,18,20). The van der Waals surface area contributed by atoms with Crippen LogP contribution in [0.4, 0.5) is 4.39 Å². The number of carbonyl (C=O) groups excluding carboxylic acids is 1. The maximum atomic E-state index is 13.1. The molecule has 0 heterocycles. The molecule has 0 radical (unpaired) electrons. The van der Waals surface area contributed by atoms with E-state index in [2.05, 4.69) is 21.2 Å². The minimum atomic E-state index is -0.294. The van der Waals surface area contributed by atoms with E-state index in [1.807, 2.05) is 0 Å². The Morgan fingerprint density at radius 1 is 1.45 bits per heavy atom. The lowest BCUT2D eigenvalue weighted by Crippen LogP contribution is -2.32. The van der Waals surface area contributed by atoms with Crippen LogP contribution in [-0.2, 0) is 11.2 Å². The van der Waals surface area contributed by atoms with Crippen molar-refractivity contribution in [3.63, 3.8) is 0 Å². The van der Waals surface area contributed by atoms with Crippen molar-refractivity contribution >= 4 is 21.8 Å². The molecule has 0 saturated heterocycles. The van der Waals surface area contributed by atoms with E-state index in [-0.39, 0.29) is 23.7 Å². The number of aliphatic hydroxyl groups is 1. The summed E-state index contributed by atoms with van der Waals surface area (Å²) < 4.78 is 13.9. The molecular weight excluding hydrogens is 325 g/mol. The molecule has 110 valence electrons. The van der Waals surface area contributed by atoms with Gasteiger partial charge in [0.05, 0.1) is 6.10 Å². The predicted molar refractivity (Wildman–Crippen MR) is 78.8 cm³/mol. The summed E-state index contributed by atoms with van der Waals surface area (Å²) in [6.07, 6.45) is 3.36. The minimum absolute atomic E-state index is 0.0553. The molecule has 1 saturated carbocycles. The quantitative estimate of drug-likeness (QED) is 0.863. The molecule has 0 spiro atoms. The van der Waals surface area contributed by atoms with Crippen molar-refractivity contribution in [1.29, 1.82) is 0 Å². The zero-order valence-electron chi connectivity index (χ0n) is 11.2. The maximum Gasteiger partial charge on any atom is 0.220 e. The second-order valence-corrected chi connectivity index (χ2v) is 6.15. The van der Waals surface area contributed by atoms with Gasteiger partial charge in [-0.25, -0.2) is 4.39 Å². The molecule has 20 heavy (non-hydrogen) atoms. The first-order valence-corrected chi connectivity index (χ1v) is 7.74. The molecule has 3 nitrogen and oxygen atoms in total. The highest BCUT2D eigenvalue weighted by Crippen LogP contribution is 2.24. The third-order valence-corrected chi connectivity index (χ3v) is 4.58. The summed E-state index contributed by atoms with van der Waals surface area (Å²) >= 11 is 3.35. The molecule has 0 aromatic heterocycles. The van der Waals surface area contributed by atoms with Gasteiger partial charge in [0.25, 0.3) is 0 Å². The third-order valence-electron chi connectivity index (χ3n) is 3.81. The Bertz CT molecular complexity index is 481. The maximum absolute atomic E-state index is 13.1. The zero-order chi connectivity index (χ0) is 14.5. The number of rotatable bonds is 5. The Morgan fingerprint density at radius 3 is 2.95 bits per heavy atom. The molecule has 1 aliphatic carbocycles. The third kappa shape index (κ3) is 4.28. The monoisotopic (exact) mass is 343 g/mol. The second-order valence-electron chi connectivity index (χ2n) is 5.30. The first-order valence-electron chi connectivity index (χ1n) is 6.95. The summed E-state index contributed by atoms with van der Waals surface area (Å²) in [6.45, 7) is 0.532. The van der Waals surface area contributed by atoms with Crippen LogP contribution in [0, 0.1) is 11.7 Å². The van der Waals surface area contributed by atoms with Crippen LogP contribution in [0.3, 0.4) is 0 Å². The first kappa shape index (κ1) is 15.4. The highest BCUT2D eigenvalue weighted by molar-refractivity contribution is 9.10. The second kappa shape index (κ2) is 7.18. The number of nitrogens with one attached hydrogen (secondary N) is 1. The number of halogens is 2. The van der Waals surface area contributed by atoms with Crippen LogP contribution in [-0.4, -0.2) is 23.7 Å². The van der Waals surface area contributed by atoms with Crippen molar-refractivity contribution in [1.82, 2.24) is 5.32 Å². The van der Waals surface area contributed by atoms with Gasteiger partial charge in [-0.2, -0.15) is 0 Å². The van der Waals surface area contributed by atoms with Crippen LogP contribution in [0.15, 0.2) is 22.7 Å². The van der Waals surface area contributed by atoms with Crippen molar-refractivity contribution in [3.8, 4) is 0 Å². The van der Waals surface area contributed by atoms with Crippen LogP contribution in [0.5, 0.6) is 0 Å². The molecular formula is C15H19BrFNO2. The van der Waals surface area contributed by atoms with E-state index >= 15 is 0 Å². The van der Waals surface area contributed by atoms with E-state index in [9.17, 15) is 14.3 Å². The van der Waals surface area contributed by atoms with Gasteiger partial charge in [-0.15, -0.1) is 0 Å². The molecule has 5 heteroatoms. The normalized spacial score (nSPS) is 21.9. The van der Waals surface area contributed by atoms with Crippen LogP contribution in [0.2, 0.25) is 0 Å². The van der Waals surface area contributed by atoms with Gasteiger partial charge in [-0.3, -0.25) is 4.79 Å². The lowest BCUT2D eigenvalue weighted by Gasteiger charge is -2.15. The molecule has 1 fully saturated rings. The Hall–Kier alpha value is -0.940. The van der Waals surface area contributed by atoms with Gasteiger partial charge in [0, 0.05) is 23.4 Å². The van der Waals surface area contributed by atoms with Crippen LogP contribution in [0.25, 0.3) is 0 Å². The lowest BCUT2D eigenvalue weighted by atomic mass is 10.1. The van der Waals surface area contributed by atoms with E-state index in [1.165, 1.54) is 12.1 Å². The van der Waals surface area contributed by atoms with Crippen molar-refractivity contribution in [2.75, 3.05) is 6.54 Å². The van der Waals surface area contributed by atoms with Crippen LogP contribution in [0.1, 0.15) is 31.2 Å². The fourth-order valence-corrected chi connectivity index (χ4v) is 3.02. The molecule has 0 aliphatic heterocycles. The van der Waals surface area contributed by atoms with E-state index in [4.69, 9.17) is 0 Å². The highest BCUT2D eigenvalue weighted by atomic mass is 79.9. The van der Waals surface area contributed by atoms with Crippen LogP contribution < -0.4 is 5.32 Å². The number of hydrogen-bond acceptors (Lipinski definition) is 2. The van der Waals surface area contributed by atoms with Gasteiger partial charge >= 0.3 is 0 Å². The van der Waals surface area contributed by atoms with E-state index < -0.39 is 0 Å². The summed E-state index contributed by atoms with van der Waals surface area (Å²) in [6, 6.07) is 4.48. The van der Waals surface area contributed by atoms with Gasteiger partial charge in [0.15, 0.2) is 0 Å². The summed E-state index contributed by atoms with van der Waals surface area (Å²) in [5.74, 6) is -0.169. The predicted octanol–water partition coefficient (Wildman–Crippen LogP) is 2.80. The highest BCUT2D eigenvalue weighted by Gasteiger charge is 2.25. The first-order chi connectivity index (χ1) is 9.56. The Kier molecular flexibility index (Phi) is 5.54. The van der Waals surface area contributed by atoms with Crippen molar-refractivity contribution in [2.45, 2.75) is 38.2 Å². The number of amides is 1. The Labute approximate surface area is 126 Å². The van der Waals surface area contributed by atoms with E-state index in [0.29, 0.717) is 19.4 Å². The molecule has 2 N–H and O–H groups in total. The average Bonchev–Trinajstić information content (AvgIpc) is 2.83. The SMILES string of the molecule is O=C(CCc1cc(F)ccc1Br)NCC1CCCC1O. The van der Waals surface area contributed by atoms with Crippen molar-refractivity contribution in [2.24, 2.45) is 5.92 Å². The number of aliphatic hydroxyl groups excluding tert-OH is 1. The smallest absolute Gasteiger partial charge is 0.220 e. The summed E-state index contributed by atoms with van der Waals surface area (Å²) in [5, 5.41) is 12.5. The minimum Gasteiger partial charge on any atom is -0.393 e. The fraction of sp³-hybridized carbons (Fsp3) is 0.533.